The second-order valence-corrected chi connectivity index (χ2v) is 5.04. The van der Waals surface area contributed by atoms with E-state index in [1.807, 2.05) is 30.3 Å². The van der Waals surface area contributed by atoms with E-state index in [9.17, 15) is 0 Å². The van der Waals surface area contributed by atoms with Gasteiger partial charge in [-0.3, -0.25) is 5.10 Å². The Kier molecular flexibility index (Phi) is 3.66. The predicted octanol–water partition coefficient (Wildman–Crippen LogP) is 1.08. The molecule has 0 saturated carbocycles. The van der Waals surface area contributed by atoms with E-state index in [1.54, 1.807) is 7.11 Å². The number of rotatable bonds is 4. The molecule has 1 aromatic carbocycles. The SMILES string of the molecule is COC(c1ccccc1)c1nc(N2CCC(N)C2)n[nH]1. The highest BCUT2D eigenvalue weighted by Gasteiger charge is 2.24. The maximum Gasteiger partial charge on any atom is 0.244 e. The van der Waals surface area contributed by atoms with Crippen LogP contribution in [0.2, 0.25) is 0 Å². The summed E-state index contributed by atoms with van der Waals surface area (Å²) < 4.78 is 5.54. The summed E-state index contributed by atoms with van der Waals surface area (Å²) in [5, 5.41) is 7.26. The lowest BCUT2D eigenvalue weighted by Gasteiger charge is -2.13. The molecule has 1 aromatic heterocycles. The normalized spacial score (nSPS) is 20.3. The predicted molar refractivity (Wildman–Crippen MR) is 76.5 cm³/mol. The molecule has 1 aliphatic rings. The summed E-state index contributed by atoms with van der Waals surface area (Å²) in [6.07, 6.45) is 0.754. The van der Waals surface area contributed by atoms with Crippen molar-refractivity contribution in [2.75, 3.05) is 25.1 Å². The second-order valence-electron chi connectivity index (χ2n) is 5.04. The number of aromatic amines is 1. The van der Waals surface area contributed by atoms with E-state index in [2.05, 4.69) is 20.1 Å². The van der Waals surface area contributed by atoms with Gasteiger partial charge in [0.2, 0.25) is 5.95 Å². The van der Waals surface area contributed by atoms with Crippen LogP contribution in [0.1, 0.15) is 23.9 Å². The number of hydrogen-bond acceptors (Lipinski definition) is 5. The van der Waals surface area contributed by atoms with Crippen molar-refractivity contribution in [1.29, 1.82) is 0 Å². The van der Waals surface area contributed by atoms with Crippen molar-refractivity contribution in [3.8, 4) is 0 Å². The Hall–Kier alpha value is -1.92. The molecule has 6 heteroatoms. The van der Waals surface area contributed by atoms with Crippen LogP contribution >= 0.6 is 0 Å². The van der Waals surface area contributed by atoms with Crippen LogP contribution in [0.15, 0.2) is 30.3 Å². The highest BCUT2D eigenvalue weighted by atomic mass is 16.5. The Balaban J connectivity index is 1.81. The van der Waals surface area contributed by atoms with Gasteiger partial charge in [0.1, 0.15) is 6.10 Å². The molecule has 3 N–H and O–H groups in total. The second kappa shape index (κ2) is 5.60. The van der Waals surface area contributed by atoms with Gasteiger partial charge >= 0.3 is 0 Å². The maximum absolute atomic E-state index is 5.91. The zero-order valence-corrected chi connectivity index (χ0v) is 11.5. The van der Waals surface area contributed by atoms with Crippen molar-refractivity contribution in [1.82, 2.24) is 15.2 Å². The average molecular weight is 273 g/mol. The van der Waals surface area contributed by atoms with Gasteiger partial charge in [-0.15, -0.1) is 5.10 Å². The molecular weight excluding hydrogens is 254 g/mol. The third-order valence-electron chi connectivity index (χ3n) is 3.58. The molecule has 1 fully saturated rings. The third kappa shape index (κ3) is 2.52. The first-order chi connectivity index (χ1) is 9.78. The fourth-order valence-electron chi connectivity index (χ4n) is 2.53. The standard InChI is InChI=1S/C14H19N5O/c1-20-12(10-5-3-2-4-6-10)13-16-14(18-17-13)19-8-7-11(15)9-19/h2-6,11-12H,7-9,15H2,1H3,(H,16,17,18). The van der Waals surface area contributed by atoms with Crippen molar-refractivity contribution in [2.45, 2.75) is 18.6 Å². The van der Waals surface area contributed by atoms with Crippen LogP contribution in [-0.2, 0) is 4.74 Å². The van der Waals surface area contributed by atoms with E-state index in [4.69, 9.17) is 10.5 Å². The van der Waals surface area contributed by atoms with Gasteiger partial charge in [0.25, 0.3) is 0 Å². The number of nitrogens with two attached hydrogens (primary N) is 1. The Bertz CT molecular complexity index is 556. The zero-order valence-electron chi connectivity index (χ0n) is 11.5. The molecule has 3 rings (SSSR count). The largest absolute Gasteiger partial charge is 0.369 e. The fraction of sp³-hybridized carbons (Fsp3) is 0.429. The van der Waals surface area contributed by atoms with Crippen LogP contribution in [0.5, 0.6) is 0 Å². The molecule has 2 unspecified atom stereocenters. The van der Waals surface area contributed by atoms with E-state index in [0.717, 1.165) is 25.1 Å². The quantitative estimate of drug-likeness (QED) is 0.871. The summed E-state index contributed by atoms with van der Waals surface area (Å²) >= 11 is 0. The van der Waals surface area contributed by atoms with Crippen LogP contribution in [0, 0.1) is 0 Å². The molecule has 0 bridgehead atoms. The minimum Gasteiger partial charge on any atom is -0.369 e. The van der Waals surface area contributed by atoms with Gasteiger partial charge in [-0.25, -0.2) is 0 Å². The number of benzene rings is 1. The molecule has 2 heterocycles. The lowest BCUT2D eigenvalue weighted by molar-refractivity contribution is 0.129. The Morgan fingerprint density at radius 2 is 2.20 bits per heavy atom. The summed E-state index contributed by atoms with van der Waals surface area (Å²) in [5.41, 5.74) is 6.97. The van der Waals surface area contributed by atoms with Crippen molar-refractivity contribution >= 4 is 5.95 Å². The van der Waals surface area contributed by atoms with Gasteiger partial charge in [-0.1, -0.05) is 30.3 Å². The molecule has 0 spiro atoms. The molecule has 106 valence electrons. The van der Waals surface area contributed by atoms with Gasteiger partial charge in [0.05, 0.1) is 0 Å². The molecule has 2 aromatic rings. The lowest BCUT2D eigenvalue weighted by atomic mass is 10.1. The van der Waals surface area contributed by atoms with E-state index < -0.39 is 0 Å². The minimum absolute atomic E-state index is 0.212. The first-order valence-corrected chi connectivity index (χ1v) is 6.78. The number of ether oxygens (including phenoxy) is 1. The number of nitrogens with zero attached hydrogens (tertiary/aromatic N) is 3. The molecular formula is C14H19N5O. The molecule has 2 atom stereocenters. The molecule has 0 radical (unpaired) electrons. The first-order valence-electron chi connectivity index (χ1n) is 6.78. The number of aromatic nitrogens is 3. The van der Waals surface area contributed by atoms with E-state index in [1.165, 1.54) is 0 Å². The highest BCUT2D eigenvalue weighted by molar-refractivity contribution is 5.33. The summed E-state index contributed by atoms with van der Waals surface area (Å²) in [6, 6.07) is 10.2. The average Bonchev–Trinajstić information content (AvgIpc) is 3.10. The lowest BCUT2D eigenvalue weighted by Crippen LogP contribution is -2.27. The fourth-order valence-corrected chi connectivity index (χ4v) is 2.53. The summed E-state index contributed by atoms with van der Waals surface area (Å²) in [5.74, 6) is 1.42. The minimum atomic E-state index is -0.228. The molecule has 1 aliphatic heterocycles. The topological polar surface area (TPSA) is 80.1 Å². The molecule has 1 saturated heterocycles. The smallest absolute Gasteiger partial charge is 0.244 e. The number of hydrogen-bond donors (Lipinski definition) is 2. The molecule has 6 nitrogen and oxygen atoms in total. The Labute approximate surface area is 118 Å². The van der Waals surface area contributed by atoms with Crippen LogP contribution < -0.4 is 10.6 Å². The van der Waals surface area contributed by atoms with Crippen LogP contribution in [0.25, 0.3) is 0 Å². The van der Waals surface area contributed by atoms with Gasteiger partial charge in [-0.2, -0.15) is 4.98 Å². The van der Waals surface area contributed by atoms with Gasteiger partial charge in [0.15, 0.2) is 5.82 Å². The number of anilines is 1. The van der Waals surface area contributed by atoms with Gasteiger partial charge in [-0.05, 0) is 12.0 Å². The van der Waals surface area contributed by atoms with Crippen molar-refractivity contribution < 1.29 is 4.74 Å². The summed E-state index contributed by atoms with van der Waals surface area (Å²) in [6.45, 7) is 1.71. The summed E-state index contributed by atoms with van der Waals surface area (Å²) in [7, 11) is 1.67. The van der Waals surface area contributed by atoms with E-state index in [-0.39, 0.29) is 12.1 Å². The number of H-pyrrole nitrogens is 1. The first kappa shape index (κ1) is 13.1. The van der Waals surface area contributed by atoms with Crippen LogP contribution in [-0.4, -0.2) is 41.4 Å². The van der Waals surface area contributed by atoms with Gasteiger partial charge in [0, 0.05) is 26.2 Å². The molecule has 0 aliphatic carbocycles. The maximum atomic E-state index is 5.91. The summed E-state index contributed by atoms with van der Waals surface area (Å²) in [4.78, 5) is 6.65. The molecule has 0 amide bonds. The van der Waals surface area contributed by atoms with E-state index >= 15 is 0 Å². The van der Waals surface area contributed by atoms with Crippen molar-refractivity contribution in [3.05, 3.63) is 41.7 Å². The monoisotopic (exact) mass is 273 g/mol. The molecule has 20 heavy (non-hydrogen) atoms. The zero-order chi connectivity index (χ0) is 13.9. The van der Waals surface area contributed by atoms with Crippen molar-refractivity contribution in [2.24, 2.45) is 5.73 Å². The number of methoxy groups -OCH3 is 1. The Morgan fingerprint density at radius 1 is 1.40 bits per heavy atom. The van der Waals surface area contributed by atoms with Gasteiger partial charge < -0.3 is 15.4 Å². The highest BCUT2D eigenvalue weighted by Crippen LogP contribution is 2.24. The number of nitrogens with one attached hydrogen (secondary N) is 1. The third-order valence-corrected chi connectivity index (χ3v) is 3.58. The van der Waals surface area contributed by atoms with E-state index in [0.29, 0.717) is 11.8 Å². The van der Waals surface area contributed by atoms with Crippen LogP contribution in [0.3, 0.4) is 0 Å². The van der Waals surface area contributed by atoms with Crippen molar-refractivity contribution in [3.63, 3.8) is 0 Å². The Morgan fingerprint density at radius 3 is 2.85 bits per heavy atom. The van der Waals surface area contributed by atoms with Crippen LogP contribution in [0.4, 0.5) is 5.95 Å².